The zero-order valence-corrected chi connectivity index (χ0v) is 10.3. The van der Waals surface area contributed by atoms with Crippen LogP contribution in [0.3, 0.4) is 0 Å². The van der Waals surface area contributed by atoms with Crippen molar-refractivity contribution in [3.05, 3.63) is 29.6 Å². The van der Waals surface area contributed by atoms with Crippen molar-refractivity contribution < 1.29 is 27.5 Å². The van der Waals surface area contributed by atoms with Gasteiger partial charge in [-0.2, -0.15) is 8.78 Å². The third-order valence-electron chi connectivity index (χ3n) is 2.89. The van der Waals surface area contributed by atoms with E-state index < -0.39 is 24.9 Å². The zero-order valence-electron chi connectivity index (χ0n) is 10.3. The lowest BCUT2D eigenvalue weighted by molar-refractivity contribution is -0.137. The summed E-state index contributed by atoms with van der Waals surface area (Å²) in [4.78, 5) is 14.9. The molecule has 1 aromatic heterocycles. The maximum atomic E-state index is 13.2. The number of para-hydroxylation sites is 1. The number of aryl methyl sites for hydroxylation is 1. The Hall–Kier alpha value is -2.12. The summed E-state index contributed by atoms with van der Waals surface area (Å²) in [5.41, 5.74) is -0.0741. The Balaban J connectivity index is 2.58. The highest BCUT2D eigenvalue weighted by Crippen LogP contribution is 2.28. The molecule has 0 unspecified atom stereocenters. The molecule has 2 aromatic rings. The molecular formula is C12H10F4N2O2. The van der Waals surface area contributed by atoms with Gasteiger partial charge in [-0.25, -0.2) is 18.6 Å². The molecule has 108 valence electrons. The Morgan fingerprint density at radius 1 is 1.45 bits per heavy atom. The third-order valence-corrected chi connectivity index (χ3v) is 2.89. The van der Waals surface area contributed by atoms with Crippen LogP contribution in [0.5, 0.6) is 0 Å². The van der Waals surface area contributed by atoms with Crippen molar-refractivity contribution in [2.45, 2.75) is 25.8 Å². The third kappa shape index (κ3) is 2.33. The van der Waals surface area contributed by atoms with Gasteiger partial charge in [-0.05, 0) is 19.1 Å². The van der Waals surface area contributed by atoms with Crippen LogP contribution < -0.4 is 0 Å². The Kier molecular flexibility index (Phi) is 3.41. The number of hydrogen-bond donors (Lipinski definition) is 1. The highest BCUT2D eigenvalue weighted by atomic mass is 19.3. The van der Waals surface area contributed by atoms with Crippen LogP contribution >= 0.6 is 0 Å². The standard InChI is InChI=1S/C12H10F4N2O2/c1-6-17-9-7(10(19)20)3-2-4-8(9)18(6)5-12(15,16)11(13)14/h2-4,11H,5H2,1H3,(H,19,20). The van der Waals surface area contributed by atoms with Crippen molar-refractivity contribution >= 4 is 17.0 Å². The molecule has 1 heterocycles. The predicted octanol–water partition coefficient (Wildman–Crippen LogP) is 2.94. The second-order valence-corrected chi connectivity index (χ2v) is 4.29. The maximum Gasteiger partial charge on any atom is 0.337 e. The molecule has 0 saturated heterocycles. The lowest BCUT2D eigenvalue weighted by Gasteiger charge is -2.17. The summed E-state index contributed by atoms with van der Waals surface area (Å²) in [6.45, 7) is 0.100. The number of benzene rings is 1. The van der Waals surface area contributed by atoms with E-state index in [0.717, 1.165) is 4.57 Å². The summed E-state index contributed by atoms with van der Waals surface area (Å²) in [6.07, 6.45) is -3.80. The molecule has 0 spiro atoms. The van der Waals surface area contributed by atoms with Gasteiger partial charge in [0, 0.05) is 0 Å². The van der Waals surface area contributed by atoms with Crippen LogP contribution in [0.1, 0.15) is 16.2 Å². The predicted molar refractivity (Wildman–Crippen MR) is 62.4 cm³/mol. The number of fused-ring (bicyclic) bond motifs is 1. The number of carboxylic acids is 1. The number of aromatic carboxylic acids is 1. The van der Waals surface area contributed by atoms with E-state index in [4.69, 9.17) is 5.11 Å². The number of carbonyl (C=O) groups is 1. The average molecular weight is 290 g/mol. The topological polar surface area (TPSA) is 55.1 Å². The molecule has 0 aliphatic carbocycles. The van der Waals surface area contributed by atoms with E-state index in [1.54, 1.807) is 0 Å². The Morgan fingerprint density at radius 2 is 2.10 bits per heavy atom. The first-order chi connectivity index (χ1) is 9.24. The Bertz CT molecular complexity index is 667. The van der Waals surface area contributed by atoms with Crippen molar-refractivity contribution in [1.29, 1.82) is 0 Å². The van der Waals surface area contributed by atoms with E-state index in [1.165, 1.54) is 25.1 Å². The first-order valence-corrected chi connectivity index (χ1v) is 5.59. The van der Waals surface area contributed by atoms with Gasteiger partial charge >= 0.3 is 18.3 Å². The van der Waals surface area contributed by atoms with Crippen LogP contribution in [-0.4, -0.2) is 33.0 Å². The van der Waals surface area contributed by atoms with Crippen LogP contribution in [-0.2, 0) is 6.54 Å². The molecule has 0 bridgehead atoms. The molecule has 0 aliphatic rings. The van der Waals surface area contributed by atoms with Gasteiger partial charge in [0.1, 0.15) is 11.3 Å². The lowest BCUT2D eigenvalue weighted by Crippen LogP contribution is -2.32. The number of hydrogen-bond acceptors (Lipinski definition) is 2. The Morgan fingerprint density at radius 3 is 2.65 bits per heavy atom. The SMILES string of the molecule is Cc1nc2c(C(=O)O)cccc2n1CC(F)(F)C(F)F. The maximum absolute atomic E-state index is 13.2. The monoisotopic (exact) mass is 290 g/mol. The number of aromatic nitrogens is 2. The van der Waals surface area contributed by atoms with E-state index in [-0.39, 0.29) is 22.4 Å². The number of alkyl halides is 4. The zero-order chi connectivity index (χ0) is 15.1. The molecule has 0 aliphatic heterocycles. The summed E-state index contributed by atoms with van der Waals surface area (Å²) in [5.74, 6) is -5.42. The highest BCUT2D eigenvalue weighted by Gasteiger charge is 2.41. The molecule has 0 fully saturated rings. The number of nitrogens with zero attached hydrogens (tertiary/aromatic N) is 2. The van der Waals surface area contributed by atoms with Gasteiger partial charge in [-0.3, -0.25) is 0 Å². The fourth-order valence-electron chi connectivity index (χ4n) is 1.92. The molecule has 4 nitrogen and oxygen atoms in total. The second-order valence-electron chi connectivity index (χ2n) is 4.29. The van der Waals surface area contributed by atoms with Crippen LogP contribution in [0, 0.1) is 6.92 Å². The molecule has 1 aromatic carbocycles. The molecule has 20 heavy (non-hydrogen) atoms. The molecular weight excluding hydrogens is 280 g/mol. The summed E-state index contributed by atoms with van der Waals surface area (Å²) in [5, 5.41) is 8.99. The molecule has 0 atom stereocenters. The molecule has 1 N–H and O–H groups in total. The number of carboxylic acid groups (broad SMARTS) is 1. The van der Waals surface area contributed by atoms with Gasteiger partial charge < -0.3 is 9.67 Å². The Labute approximate surface area is 110 Å². The fraction of sp³-hybridized carbons (Fsp3) is 0.333. The summed E-state index contributed by atoms with van der Waals surface area (Å²) in [6, 6.07) is 3.99. The van der Waals surface area contributed by atoms with Crippen LogP contribution in [0.2, 0.25) is 0 Å². The minimum Gasteiger partial charge on any atom is -0.478 e. The molecule has 0 saturated carbocycles. The summed E-state index contributed by atoms with van der Waals surface area (Å²) in [7, 11) is 0. The van der Waals surface area contributed by atoms with E-state index in [1.807, 2.05) is 0 Å². The van der Waals surface area contributed by atoms with Crippen molar-refractivity contribution in [2.24, 2.45) is 0 Å². The second kappa shape index (κ2) is 4.77. The first-order valence-electron chi connectivity index (χ1n) is 5.59. The first kappa shape index (κ1) is 14.3. The van der Waals surface area contributed by atoms with Gasteiger partial charge in [0.25, 0.3) is 0 Å². The smallest absolute Gasteiger partial charge is 0.337 e. The van der Waals surface area contributed by atoms with E-state index in [2.05, 4.69) is 4.98 Å². The minimum absolute atomic E-state index is 0.00238. The summed E-state index contributed by atoms with van der Waals surface area (Å²) < 4.78 is 51.8. The van der Waals surface area contributed by atoms with Gasteiger partial charge in [-0.15, -0.1) is 0 Å². The van der Waals surface area contributed by atoms with Gasteiger partial charge in [0.15, 0.2) is 0 Å². The van der Waals surface area contributed by atoms with Crippen molar-refractivity contribution in [1.82, 2.24) is 9.55 Å². The van der Waals surface area contributed by atoms with Crippen molar-refractivity contribution in [3.63, 3.8) is 0 Å². The number of imidazole rings is 1. The van der Waals surface area contributed by atoms with E-state index in [0.29, 0.717) is 0 Å². The van der Waals surface area contributed by atoms with Crippen LogP contribution in [0.4, 0.5) is 17.6 Å². The normalized spacial score (nSPS) is 12.3. The van der Waals surface area contributed by atoms with Crippen molar-refractivity contribution in [2.75, 3.05) is 0 Å². The quantitative estimate of drug-likeness (QED) is 0.881. The molecule has 8 heteroatoms. The van der Waals surface area contributed by atoms with E-state index >= 15 is 0 Å². The van der Waals surface area contributed by atoms with Crippen LogP contribution in [0.25, 0.3) is 11.0 Å². The highest BCUT2D eigenvalue weighted by molar-refractivity contribution is 6.01. The van der Waals surface area contributed by atoms with Gasteiger partial charge in [0.2, 0.25) is 0 Å². The molecule has 0 amide bonds. The van der Waals surface area contributed by atoms with Crippen LogP contribution in [0.15, 0.2) is 18.2 Å². The molecule has 2 rings (SSSR count). The fourth-order valence-corrected chi connectivity index (χ4v) is 1.92. The minimum atomic E-state index is -4.21. The van der Waals surface area contributed by atoms with Gasteiger partial charge in [0.05, 0.1) is 17.6 Å². The largest absolute Gasteiger partial charge is 0.478 e. The van der Waals surface area contributed by atoms with Gasteiger partial charge in [-0.1, -0.05) is 6.07 Å². The van der Waals surface area contributed by atoms with Crippen molar-refractivity contribution in [3.8, 4) is 0 Å². The number of rotatable bonds is 4. The summed E-state index contributed by atoms with van der Waals surface area (Å²) >= 11 is 0. The average Bonchev–Trinajstić information content (AvgIpc) is 2.65. The number of halogens is 4. The van der Waals surface area contributed by atoms with E-state index in [9.17, 15) is 22.4 Å². The lowest BCUT2D eigenvalue weighted by atomic mass is 10.2. The molecule has 0 radical (unpaired) electrons.